The van der Waals surface area contributed by atoms with Crippen LogP contribution in [0.2, 0.25) is 0 Å². The van der Waals surface area contributed by atoms with Crippen molar-refractivity contribution in [3.63, 3.8) is 0 Å². The van der Waals surface area contributed by atoms with Crippen LogP contribution in [0.25, 0.3) is 5.57 Å². The highest BCUT2D eigenvalue weighted by molar-refractivity contribution is 7.09. The molecule has 1 nitrogen and oxygen atoms in total. The lowest BCUT2D eigenvalue weighted by Crippen LogP contribution is -1.79. The van der Waals surface area contributed by atoms with Gasteiger partial charge in [-0.2, -0.15) is 0 Å². The molecule has 1 heterocycles. The van der Waals surface area contributed by atoms with Gasteiger partial charge in [0.25, 0.3) is 0 Å². The Morgan fingerprint density at radius 2 is 2.38 bits per heavy atom. The third-order valence-electron chi connectivity index (χ3n) is 1.60. The number of rotatable bonds is 3. The zero-order valence-corrected chi connectivity index (χ0v) is 8.77. The minimum atomic E-state index is 1.01. The molecule has 0 saturated heterocycles. The highest BCUT2D eigenvalue weighted by atomic mass is 32.1. The molecular weight excluding hydrogens is 178 g/mol. The molecule has 0 radical (unpaired) electrons. The lowest BCUT2D eigenvalue weighted by molar-refractivity contribution is 1.26. The Hall–Kier alpha value is -1.15. The van der Waals surface area contributed by atoms with Crippen LogP contribution in [0.1, 0.15) is 17.6 Å². The van der Waals surface area contributed by atoms with Crippen molar-refractivity contribution in [2.45, 2.75) is 13.8 Å². The van der Waals surface area contributed by atoms with Gasteiger partial charge in [0.05, 0.1) is 10.7 Å². The summed E-state index contributed by atoms with van der Waals surface area (Å²) in [5.41, 5.74) is 2.08. The summed E-state index contributed by atoms with van der Waals surface area (Å²) < 4.78 is 0. The molecule has 0 spiro atoms. The molecule has 0 amide bonds. The maximum atomic E-state index is 4.38. The van der Waals surface area contributed by atoms with Crippen molar-refractivity contribution in [3.8, 4) is 0 Å². The van der Waals surface area contributed by atoms with Gasteiger partial charge in [0.1, 0.15) is 0 Å². The predicted molar refractivity (Wildman–Crippen MR) is 59.8 cm³/mol. The van der Waals surface area contributed by atoms with Crippen molar-refractivity contribution in [3.05, 3.63) is 47.0 Å². The van der Waals surface area contributed by atoms with Crippen LogP contribution in [0.5, 0.6) is 0 Å². The van der Waals surface area contributed by atoms with E-state index in [1.807, 2.05) is 43.5 Å². The topological polar surface area (TPSA) is 12.9 Å². The Labute approximate surface area is 83.1 Å². The van der Waals surface area contributed by atoms with Crippen molar-refractivity contribution < 1.29 is 0 Å². The van der Waals surface area contributed by atoms with Gasteiger partial charge in [-0.3, -0.25) is 0 Å². The first-order chi connectivity index (χ1) is 6.27. The molecule has 68 valence electrons. The molecule has 0 saturated carbocycles. The number of thiazole rings is 1. The van der Waals surface area contributed by atoms with Gasteiger partial charge in [-0.15, -0.1) is 11.3 Å². The Balaban J connectivity index is 2.96. The van der Waals surface area contributed by atoms with Gasteiger partial charge < -0.3 is 0 Å². The maximum Gasteiger partial charge on any atom is 0.0901 e. The molecule has 0 N–H and O–H groups in total. The minimum absolute atomic E-state index is 1.01. The molecule has 0 aliphatic rings. The van der Waals surface area contributed by atoms with E-state index >= 15 is 0 Å². The lowest BCUT2D eigenvalue weighted by atomic mass is 10.2. The van der Waals surface area contributed by atoms with Gasteiger partial charge in [-0.05, 0) is 13.8 Å². The van der Waals surface area contributed by atoms with Crippen LogP contribution < -0.4 is 0 Å². The lowest BCUT2D eigenvalue weighted by Gasteiger charge is -1.93. The highest BCUT2D eigenvalue weighted by Crippen LogP contribution is 2.17. The predicted octanol–water partition coefficient (Wildman–Crippen LogP) is 3.60. The van der Waals surface area contributed by atoms with E-state index in [1.165, 1.54) is 0 Å². The second-order valence-corrected chi connectivity index (χ2v) is 3.67. The van der Waals surface area contributed by atoms with Crippen molar-refractivity contribution in [1.29, 1.82) is 0 Å². The second kappa shape index (κ2) is 4.77. The quantitative estimate of drug-likeness (QED) is 0.665. The van der Waals surface area contributed by atoms with E-state index in [9.17, 15) is 0 Å². The molecule has 0 aliphatic carbocycles. The molecule has 0 atom stereocenters. The van der Waals surface area contributed by atoms with Gasteiger partial charge in [0.2, 0.25) is 0 Å². The van der Waals surface area contributed by atoms with Crippen LogP contribution in [-0.2, 0) is 0 Å². The summed E-state index contributed by atoms with van der Waals surface area (Å²) in [6, 6.07) is 0. The third-order valence-corrected chi connectivity index (χ3v) is 2.38. The number of nitrogens with zero attached hydrogens (tertiary/aromatic N) is 1. The highest BCUT2D eigenvalue weighted by Gasteiger charge is 1.99. The van der Waals surface area contributed by atoms with Gasteiger partial charge in [-0.25, -0.2) is 4.98 Å². The van der Waals surface area contributed by atoms with Crippen LogP contribution in [0, 0.1) is 6.92 Å². The zero-order valence-electron chi connectivity index (χ0n) is 7.95. The fourth-order valence-corrected chi connectivity index (χ4v) is 1.58. The van der Waals surface area contributed by atoms with Gasteiger partial charge >= 0.3 is 0 Å². The largest absolute Gasteiger partial charge is 0.242 e. The zero-order chi connectivity index (χ0) is 9.68. The first-order valence-corrected chi connectivity index (χ1v) is 5.03. The molecule has 2 heteroatoms. The van der Waals surface area contributed by atoms with E-state index in [2.05, 4.69) is 11.6 Å². The third kappa shape index (κ3) is 2.67. The fourth-order valence-electron chi connectivity index (χ4n) is 0.954. The molecule has 0 unspecified atom stereocenters. The Bertz CT molecular complexity index is 345. The average Bonchev–Trinajstić information content (AvgIpc) is 2.54. The smallest absolute Gasteiger partial charge is 0.0901 e. The second-order valence-electron chi connectivity index (χ2n) is 2.60. The van der Waals surface area contributed by atoms with Crippen molar-refractivity contribution in [2.24, 2.45) is 0 Å². The van der Waals surface area contributed by atoms with E-state index in [0.717, 1.165) is 16.3 Å². The Morgan fingerprint density at radius 3 is 2.85 bits per heavy atom. The number of hydrogen-bond donors (Lipinski definition) is 0. The minimum Gasteiger partial charge on any atom is -0.242 e. The van der Waals surface area contributed by atoms with E-state index in [-0.39, 0.29) is 0 Å². The normalized spacial score (nSPS) is 12.3. The first kappa shape index (κ1) is 9.93. The van der Waals surface area contributed by atoms with Crippen LogP contribution in [0.3, 0.4) is 0 Å². The summed E-state index contributed by atoms with van der Waals surface area (Å²) in [5.74, 6) is 0. The number of allylic oxidation sites excluding steroid dienone is 5. The summed E-state index contributed by atoms with van der Waals surface area (Å²) in [7, 11) is 0. The molecule has 0 bridgehead atoms. The SMILES string of the molecule is C=C/C(=C\C=C/C)c1csc(C)n1. The molecule has 13 heavy (non-hydrogen) atoms. The van der Waals surface area contributed by atoms with E-state index < -0.39 is 0 Å². The summed E-state index contributed by atoms with van der Waals surface area (Å²) in [5, 5.41) is 3.13. The molecule has 0 aromatic carbocycles. The number of aromatic nitrogens is 1. The van der Waals surface area contributed by atoms with E-state index in [1.54, 1.807) is 11.3 Å². The van der Waals surface area contributed by atoms with Gasteiger partial charge in [-0.1, -0.05) is 30.9 Å². The standard InChI is InChI=1S/C11H13NS/c1-4-6-7-10(5-2)11-8-13-9(3)12-11/h4-8H,2H2,1,3H3/b6-4-,10-7+. The van der Waals surface area contributed by atoms with Gasteiger partial charge in [0, 0.05) is 11.0 Å². The Morgan fingerprint density at radius 1 is 1.62 bits per heavy atom. The van der Waals surface area contributed by atoms with Crippen molar-refractivity contribution in [1.82, 2.24) is 4.98 Å². The van der Waals surface area contributed by atoms with Crippen LogP contribution in [0.4, 0.5) is 0 Å². The number of hydrogen-bond acceptors (Lipinski definition) is 2. The molecular formula is C11H13NS. The number of aryl methyl sites for hydroxylation is 1. The van der Waals surface area contributed by atoms with Crippen LogP contribution in [0.15, 0.2) is 36.3 Å². The molecule has 1 rings (SSSR count). The summed E-state index contributed by atoms with van der Waals surface area (Å²) in [6.45, 7) is 7.76. The fraction of sp³-hybridized carbons (Fsp3) is 0.182. The first-order valence-electron chi connectivity index (χ1n) is 4.16. The Kier molecular flexibility index (Phi) is 3.65. The molecule has 1 aromatic rings. The molecule has 0 aliphatic heterocycles. The summed E-state index contributed by atoms with van der Waals surface area (Å²) in [4.78, 5) is 4.38. The summed E-state index contributed by atoms with van der Waals surface area (Å²) in [6.07, 6.45) is 7.82. The maximum absolute atomic E-state index is 4.38. The van der Waals surface area contributed by atoms with Crippen LogP contribution >= 0.6 is 11.3 Å². The monoisotopic (exact) mass is 191 g/mol. The molecule has 0 fully saturated rings. The van der Waals surface area contributed by atoms with Crippen molar-refractivity contribution in [2.75, 3.05) is 0 Å². The molecule has 1 aromatic heterocycles. The summed E-state index contributed by atoms with van der Waals surface area (Å²) >= 11 is 1.66. The van der Waals surface area contributed by atoms with Gasteiger partial charge in [0.15, 0.2) is 0 Å². The average molecular weight is 191 g/mol. The van der Waals surface area contributed by atoms with E-state index in [0.29, 0.717) is 0 Å². The van der Waals surface area contributed by atoms with Crippen LogP contribution in [-0.4, -0.2) is 4.98 Å². The van der Waals surface area contributed by atoms with Crippen molar-refractivity contribution >= 4 is 16.9 Å². The van der Waals surface area contributed by atoms with E-state index in [4.69, 9.17) is 0 Å².